The van der Waals surface area contributed by atoms with Gasteiger partial charge in [-0.05, 0) is 19.3 Å². The number of carbonyl (C=O) groups excluding carboxylic acids is 1. The number of hydrogen-bond acceptors (Lipinski definition) is 4. The fourth-order valence-electron chi connectivity index (χ4n) is 2.12. The Morgan fingerprint density at radius 2 is 1.75 bits per heavy atom. The minimum Gasteiger partial charge on any atom is -0.496 e. The van der Waals surface area contributed by atoms with Crippen LogP contribution in [0.4, 0.5) is 0 Å². The van der Waals surface area contributed by atoms with Crippen molar-refractivity contribution >= 4 is 5.91 Å². The molecular formula is C15H21NO4. The first kappa shape index (κ1) is 14.5. The van der Waals surface area contributed by atoms with Crippen molar-refractivity contribution in [3.63, 3.8) is 0 Å². The van der Waals surface area contributed by atoms with Crippen LogP contribution in [0.15, 0.2) is 12.1 Å². The van der Waals surface area contributed by atoms with Crippen LogP contribution in [-0.2, 0) is 11.2 Å². The van der Waals surface area contributed by atoms with E-state index in [1.54, 1.807) is 21.3 Å². The van der Waals surface area contributed by atoms with Crippen LogP contribution in [-0.4, -0.2) is 33.8 Å². The molecule has 0 spiro atoms. The Labute approximate surface area is 119 Å². The summed E-state index contributed by atoms with van der Waals surface area (Å²) in [4.78, 5) is 11.6. The molecule has 1 N–H and O–H groups in total. The molecular weight excluding hydrogens is 258 g/mol. The van der Waals surface area contributed by atoms with E-state index in [1.165, 1.54) is 0 Å². The molecule has 0 aliphatic heterocycles. The molecule has 1 aromatic carbocycles. The van der Waals surface area contributed by atoms with Crippen molar-refractivity contribution < 1.29 is 19.0 Å². The van der Waals surface area contributed by atoms with Crippen molar-refractivity contribution in [1.29, 1.82) is 0 Å². The Hall–Kier alpha value is -1.91. The predicted octanol–water partition coefficient (Wildman–Crippen LogP) is 1.78. The maximum absolute atomic E-state index is 11.6. The smallest absolute Gasteiger partial charge is 0.223 e. The summed E-state index contributed by atoms with van der Waals surface area (Å²) in [6, 6.07) is 3.64. The molecule has 1 saturated carbocycles. The normalized spacial score (nSPS) is 13.8. The Morgan fingerprint density at radius 1 is 1.15 bits per heavy atom. The van der Waals surface area contributed by atoms with Crippen molar-refractivity contribution in [2.45, 2.75) is 19.3 Å². The van der Waals surface area contributed by atoms with Gasteiger partial charge in [0.2, 0.25) is 5.91 Å². The highest BCUT2D eigenvalue weighted by molar-refractivity contribution is 5.80. The van der Waals surface area contributed by atoms with Gasteiger partial charge in [-0.15, -0.1) is 0 Å². The number of nitrogens with one attached hydrogen (secondary N) is 1. The largest absolute Gasteiger partial charge is 0.496 e. The van der Waals surface area contributed by atoms with E-state index in [-0.39, 0.29) is 11.8 Å². The molecule has 2 rings (SSSR count). The fourth-order valence-corrected chi connectivity index (χ4v) is 2.12. The molecule has 5 nitrogen and oxygen atoms in total. The zero-order valence-corrected chi connectivity index (χ0v) is 12.2. The van der Waals surface area contributed by atoms with E-state index < -0.39 is 0 Å². The maximum Gasteiger partial charge on any atom is 0.223 e. The summed E-state index contributed by atoms with van der Waals surface area (Å²) in [5.41, 5.74) is 0.937. The average molecular weight is 279 g/mol. The zero-order chi connectivity index (χ0) is 14.5. The van der Waals surface area contributed by atoms with E-state index in [2.05, 4.69) is 5.32 Å². The van der Waals surface area contributed by atoms with Gasteiger partial charge in [0.1, 0.15) is 17.2 Å². The number of carbonyl (C=O) groups is 1. The van der Waals surface area contributed by atoms with E-state index in [4.69, 9.17) is 14.2 Å². The Kier molecular flexibility index (Phi) is 4.71. The minimum atomic E-state index is 0.149. The van der Waals surface area contributed by atoms with Gasteiger partial charge in [-0.1, -0.05) is 0 Å². The molecule has 0 atom stereocenters. The summed E-state index contributed by atoms with van der Waals surface area (Å²) in [5, 5.41) is 2.94. The molecule has 5 heteroatoms. The Morgan fingerprint density at radius 3 is 2.20 bits per heavy atom. The van der Waals surface area contributed by atoms with Crippen LogP contribution in [0.2, 0.25) is 0 Å². The van der Waals surface area contributed by atoms with Crippen LogP contribution in [0.25, 0.3) is 0 Å². The Balaban J connectivity index is 2.05. The molecule has 1 aliphatic carbocycles. The van der Waals surface area contributed by atoms with Gasteiger partial charge in [0, 0.05) is 30.2 Å². The third-order valence-electron chi connectivity index (χ3n) is 3.44. The highest BCUT2D eigenvalue weighted by Gasteiger charge is 2.29. The summed E-state index contributed by atoms with van der Waals surface area (Å²) in [6.45, 7) is 0.578. The third kappa shape index (κ3) is 3.35. The van der Waals surface area contributed by atoms with Crippen molar-refractivity contribution in [3.8, 4) is 17.2 Å². The predicted molar refractivity (Wildman–Crippen MR) is 75.5 cm³/mol. The molecule has 20 heavy (non-hydrogen) atoms. The van der Waals surface area contributed by atoms with Crippen molar-refractivity contribution in [2.75, 3.05) is 27.9 Å². The monoisotopic (exact) mass is 279 g/mol. The lowest BCUT2D eigenvalue weighted by Crippen LogP contribution is -2.27. The first-order valence-electron chi connectivity index (χ1n) is 6.76. The molecule has 1 amide bonds. The highest BCUT2D eigenvalue weighted by atomic mass is 16.5. The lowest BCUT2D eigenvalue weighted by atomic mass is 10.1. The van der Waals surface area contributed by atoms with E-state index >= 15 is 0 Å². The maximum atomic E-state index is 11.6. The molecule has 1 fully saturated rings. The topological polar surface area (TPSA) is 56.8 Å². The zero-order valence-electron chi connectivity index (χ0n) is 12.2. The van der Waals surface area contributed by atoms with Crippen molar-refractivity contribution in [1.82, 2.24) is 5.32 Å². The van der Waals surface area contributed by atoms with Gasteiger partial charge < -0.3 is 19.5 Å². The molecule has 110 valence electrons. The van der Waals surface area contributed by atoms with Gasteiger partial charge in [-0.2, -0.15) is 0 Å². The summed E-state index contributed by atoms with van der Waals surface area (Å²) in [5.74, 6) is 2.49. The molecule has 0 unspecified atom stereocenters. The van der Waals surface area contributed by atoms with E-state index in [9.17, 15) is 4.79 Å². The molecule has 0 aromatic heterocycles. The Bertz CT molecular complexity index is 458. The number of methoxy groups -OCH3 is 3. The van der Waals surface area contributed by atoms with Crippen LogP contribution in [0.5, 0.6) is 17.2 Å². The molecule has 1 aromatic rings. The van der Waals surface area contributed by atoms with Crippen LogP contribution in [0, 0.1) is 5.92 Å². The second-order valence-electron chi connectivity index (χ2n) is 4.83. The molecule has 0 heterocycles. The second kappa shape index (κ2) is 6.50. The lowest BCUT2D eigenvalue weighted by molar-refractivity contribution is -0.122. The van der Waals surface area contributed by atoms with Crippen LogP contribution >= 0.6 is 0 Å². The molecule has 0 bridgehead atoms. The van der Waals surface area contributed by atoms with E-state index in [0.29, 0.717) is 30.2 Å². The molecule has 1 aliphatic rings. The van der Waals surface area contributed by atoms with E-state index in [1.807, 2.05) is 12.1 Å². The van der Waals surface area contributed by atoms with Gasteiger partial charge in [0.15, 0.2) is 0 Å². The number of benzene rings is 1. The van der Waals surface area contributed by atoms with Gasteiger partial charge in [0.25, 0.3) is 0 Å². The van der Waals surface area contributed by atoms with Gasteiger partial charge in [-0.25, -0.2) is 0 Å². The molecule has 0 radical (unpaired) electrons. The SMILES string of the molecule is COc1cc(OC)c(CCNC(=O)C2CC2)c(OC)c1. The number of rotatable bonds is 7. The van der Waals surface area contributed by atoms with Gasteiger partial charge in [-0.3, -0.25) is 4.79 Å². The van der Waals surface area contributed by atoms with Crippen LogP contribution < -0.4 is 19.5 Å². The first-order valence-corrected chi connectivity index (χ1v) is 6.76. The van der Waals surface area contributed by atoms with Gasteiger partial charge >= 0.3 is 0 Å². The summed E-state index contributed by atoms with van der Waals surface area (Å²) >= 11 is 0. The lowest BCUT2D eigenvalue weighted by Gasteiger charge is -2.15. The van der Waals surface area contributed by atoms with Crippen molar-refractivity contribution in [3.05, 3.63) is 17.7 Å². The average Bonchev–Trinajstić information content (AvgIpc) is 3.31. The standard InChI is InChI=1S/C15H21NO4/c1-18-11-8-13(19-2)12(14(9-11)20-3)6-7-16-15(17)10-4-5-10/h8-10H,4-7H2,1-3H3,(H,16,17). The number of ether oxygens (including phenoxy) is 3. The van der Waals surface area contributed by atoms with Crippen molar-refractivity contribution in [2.24, 2.45) is 5.92 Å². The number of amides is 1. The minimum absolute atomic E-state index is 0.149. The van der Waals surface area contributed by atoms with Crippen LogP contribution in [0.3, 0.4) is 0 Å². The fraction of sp³-hybridized carbons (Fsp3) is 0.533. The van der Waals surface area contributed by atoms with E-state index in [0.717, 1.165) is 18.4 Å². The second-order valence-corrected chi connectivity index (χ2v) is 4.83. The highest BCUT2D eigenvalue weighted by Crippen LogP contribution is 2.34. The van der Waals surface area contributed by atoms with Gasteiger partial charge in [0.05, 0.1) is 21.3 Å². The number of hydrogen-bond donors (Lipinski definition) is 1. The summed E-state index contributed by atoms with van der Waals surface area (Å²) in [6.07, 6.45) is 2.69. The summed E-state index contributed by atoms with van der Waals surface area (Å²) in [7, 11) is 4.82. The quantitative estimate of drug-likeness (QED) is 0.826. The summed E-state index contributed by atoms with van der Waals surface area (Å²) < 4.78 is 16.0. The first-order chi connectivity index (χ1) is 9.69. The third-order valence-corrected chi connectivity index (χ3v) is 3.44. The van der Waals surface area contributed by atoms with Crippen LogP contribution in [0.1, 0.15) is 18.4 Å². The molecule has 0 saturated heterocycles.